The molecule has 0 aromatic heterocycles. The summed E-state index contributed by atoms with van der Waals surface area (Å²) in [6, 6.07) is 0.720. The van der Waals surface area contributed by atoms with Gasteiger partial charge in [-0.25, -0.2) is 0 Å². The minimum Gasteiger partial charge on any atom is -0.314 e. The highest BCUT2D eigenvalue weighted by Gasteiger charge is 2.63. The predicted octanol–water partition coefficient (Wildman–Crippen LogP) is 3.84. The third-order valence-corrected chi connectivity index (χ3v) is 5.90. The average molecular weight is 223 g/mol. The van der Waals surface area contributed by atoms with Crippen molar-refractivity contribution in [3.8, 4) is 0 Å². The van der Waals surface area contributed by atoms with Crippen molar-refractivity contribution >= 4 is 0 Å². The molecule has 0 aromatic carbocycles. The molecule has 2 fully saturated rings. The molecule has 0 aromatic rings. The van der Waals surface area contributed by atoms with Gasteiger partial charge in [0, 0.05) is 6.04 Å². The quantitative estimate of drug-likeness (QED) is 0.747. The van der Waals surface area contributed by atoms with Crippen LogP contribution in [0.4, 0.5) is 0 Å². The van der Waals surface area contributed by atoms with E-state index >= 15 is 0 Å². The van der Waals surface area contributed by atoms with Crippen molar-refractivity contribution in [1.82, 2.24) is 5.32 Å². The first-order valence-electron chi connectivity index (χ1n) is 7.09. The van der Waals surface area contributed by atoms with Crippen LogP contribution in [-0.2, 0) is 0 Å². The molecule has 0 aliphatic heterocycles. The molecule has 16 heavy (non-hydrogen) atoms. The SMILES string of the molecule is CC(CC1CCC1)NCC1C(C)(C)C1(C)C. The number of rotatable bonds is 5. The zero-order chi connectivity index (χ0) is 12.0. The molecular weight excluding hydrogens is 194 g/mol. The Morgan fingerprint density at radius 2 is 1.69 bits per heavy atom. The van der Waals surface area contributed by atoms with Crippen molar-refractivity contribution in [1.29, 1.82) is 0 Å². The average Bonchev–Trinajstić information content (AvgIpc) is 2.48. The predicted molar refractivity (Wildman–Crippen MR) is 70.5 cm³/mol. The van der Waals surface area contributed by atoms with E-state index in [4.69, 9.17) is 0 Å². The van der Waals surface area contributed by atoms with E-state index in [-0.39, 0.29) is 0 Å². The Kier molecular flexibility index (Phi) is 3.11. The van der Waals surface area contributed by atoms with E-state index in [1.165, 1.54) is 32.2 Å². The monoisotopic (exact) mass is 223 g/mol. The van der Waals surface area contributed by atoms with Gasteiger partial charge in [-0.2, -0.15) is 0 Å². The molecule has 0 bridgehead atoms. The lowest BCUT2D eigenvalue weighted by Crippen LogP contribution is -2.32. The van der Waals surface area contributed by atoms with E-state index in [0.29, 0.717) is 10.8 Å². The van der Waals surface area contributed by atoms with Gasteiger partial charge in [-0.3, -0.25) is 0 Å². The van der Waals surface area contributed by atoms with Crippen molar-refractivity contribution in [2.24, 2.45) is 22.7 Å². The summed E-state index contributed by atoms with van der Waals surface area (Å²) in [4.78, 5) is 0. The normalized spacial score (nSPS) is 29.8. The molecule has 0 saturated heterocycles. The molecule has 1 atom stereocenters. The van der Waals surface area contributed by atoms with Crippen molar-refractivity contribution in [2.75, 3.05) is 6.54 Å². The second-order valence-corrected chi connectivity index (χ2v) is 7.34. The summed E-state index contributed by atoms with van der Waals surface area (Å²) in [6.45, 7) is 13.2. The molecule has 2 aliphatic carbocycles. The highest BCUT2D eigenvalue weighted by Crippen LogP contribution is 2.67. The Balaban J connectivity index is 1.68. The second kappa shape index (κ2) is 4.01. The minimum absolute atomic E-state index is 0.538. The van der Waals surface area contributed by atoms with Crippen LogP contribution in [0, 0.1) is 22.7 Å². The molecule has 2 aliphatic rings. The zero-order valence-electron chi connectivity index (χ0n) is 11.8. The first kappa shape index (κ1) is 12.4. The number of hydrogen-bond acceptors (Lipinski definition) is 1. The zero-order valence-corrected chi connectivity index (χ0v) is 11.8. The number of nitrogens with one attached hydrogen (secondary N) is 1. The molecule has 1 unspecified atom stereocenters. The van der Waals surface area contributed by atoms with Gasteiger partial charge >= 0.3 is 0 Å². The van der Waals surface area contributed by atoms with E-state index in [0.717, 1.165) is 17.9 Å². The summed E-state index contributed by atoms with van der Waals surface area (Å²) in [5.74, 6) is 1.89. The fourth-order valence-corrected chi connectivity index (χ4v) is 3.47. The maximum Gasteiger partial charge on any atom is 0.00414 e. The van der Waals surface area contributed by atoms with Gasteiger partial charge < -0.3 is 5.32 Å². The summed E-state index contributed by atoms with van der Waals surface area (Å²) in [6.07, 6.45) is 5.83. The van der Waals surface area contributed by atoms with Crippen LogP contribution in [-0.4, -0.2) is 12.6 Å². The van der Waals surface area contributed by atoms with Crippen molar-refractivity contribution in [3.05, 3.63) is 0 Å². The van der Waals surface area contributed by atoms with Crippen molar-refractivity contribution < 1.29 is 0 Å². The molecule has 1 heteroatoms. The summed E-state index contributed by atoms with van der Waals surface area (Å²) in [7, 11) is 0. The first-order valence-corrected chi connectivity index (χ1v) is 7.09. The Bertz CT molecular complexity index is 236. The summed E-state index contributed by atoms with van der Waals surface area (Å²) in [5.41, 5.74) is 1.08. The van der Waals surface area contributed by atoms with Crippen LogP contribution in [0.5, 0.6) is 0 Å². The van der Waals surface area contributed by atoms with Gasteiger partial charge in [0.2, 0.25) is 0 Å². The van der Waals surface area contributed by atoms with Gasteiger partial charge in [0.25, 0.3) is 0 Å². The van der Waals surface area contributed by atoms with Gasteiger partial charge in [-0.05, 0) is 42.6 Å². The van der Waals surface area contributed by atoms with Crippen LogP contribution in [0.1, 0.15) is 60.3 Å². The summed E-state index contributed by atoms with van der Waals surface area (Å²) >= 11 is 0. The highest BCUT2D eigenvalue weighted by atomic mass is 14.9. The van der Waals surface area contributed by atoms with Crippen molar-refractivity contribution in [3.63, 3.8) is 0 Å². The summed E-state index contributed by atoms with van der Waals surface area (Å²) < 4.78 is 0. The van der Waals surface area contributed by atoms with Gasteiger partial charge in [0.1, 0.15) is 0 Å². The van der Waals surface area contributed by atoms with E-state index in [2.05, 4.69) is 39.9 Å². The molecule has 0 amide bonds. The Morgan fingerprint density at radius 1 is 1.12 bits per heavy atom. The third-order valence-electron chi connectivity index (χ3n) is 5.90. The molecule has 2 rings (SSSR count). The third kappa shape index (κ3) is 2.03. The van der Waals surface area contributed by atoms with Gasteiger partial charge in [0.15, 0.2) is 0 Å². The van der Waals surface area contributed by atoms with Crippen LogP contribution in [0.25, 0.3) is 0 Å². The molecule has 0 spiro atoms. The Morgan fingerprint density at radius 3 is 2.06 bits per heavy atom. The molecule has 2 saturated carbocycles. The smallest absolute Gasteiger partial charge is 0.00414 e. The Hall–Kier alpha value is -0.0400. The maximum absolute atomic E-state index is 3.75. The van der Waals surface area contributed by atoms with E-state index < -0.39 is 0 Å². The minimum atomic E-state index is 0.538. The molecule has 94 valence electrons. The van der Waals surface area contributed by atoms with E-state index in [9.17, 15) is 0 Å². The van der Waals surface area contributed by atoms with Crippen LogP contribution in [0.3, 0.4) is 0 Å². The maximum atomic E-state index is 3.75. The first-order chi connectivity index (χ1) is 7.35. The topological polar surface area (TPSA) is 12.0 Å². The van der Waals surface area contributed by atoms with Crippen LogP contribution < -0.4 is 5.32 Å². The molecule has 0 heterocycles. The van der Waals surface area contributed by atoms with E-state index in [1.807, 2.05) is 0 Å². The largest absolute Gasteiger partial charge is 0.314 e. The summed E-state index contributed by atoms with van der Waals surface area (Å²) in [5, 5.41) is 3.75. The highest BCUT2D eigenvalue weighted by molar-refractivity contribution is 5.12. The van der Waals surface area contributed by atoms with E-state index in [1.54, 1.807) is 0 Å². The molecular formula is C15H29N. The van der Waals surface area contributed by atoms with Gasteiger partial charge in [-0.15, -0.1) is 0 Å². The lowest BCUT2D eigenvalue weighted by molar-refractivity contribution is 0.263. The molecule has 0 radical (unpaired) electrons. The van der Waals surface area contributed by atoms with Crippen molar-refractivity contribution in [2.45, 2.75) is 66.3 Å². The fraction of sp³-hybridized carbons (Fsp3) is 1.00. The van der Waals surface area contributed by atoms with Crippen LogP contribution >= 0.6 is 0 Å². The fourth-order valence-electron chi connectivity index (χ4n) is 3.47. The van der Waals surface area contributed by atoms with Crippen LogP contribution in [0.2, 0.25) is 0 Å². The standard InChI is InChI=1S/C15H29N/c1-11(9-12-7-6-8-12)16-10-13-14(2,3)15(13,4)5/h11-13,16H,6-10H2,1-5H3. The van der Waals surface area contributed by atoms with Gasteiger partial charge in [-0.1, -0.05) is 47.0 Å². The van der Waals surface area contributed by atoms with Crippen LogP contribution in [0.15, 0.2) is 0 Å². The lowest BCUT2D eigenvalue weighted by atomic mass is 9.81. The molecule has 1 nitrogen and oxygen atoms in total. The lowest BCUT2D eigenvalue weighted by Gasteiger charge is -2.28. The Labute approximate surface area is 101 Å². The van der Waals surface area contributed by atoms with Gasteiger partial charge in [0.05, 0.1) is 0 Å². The molecule has 1 N–H and O–H groups in total. The second-order valence-electron chi connectivity index (χ2n) is 7.34. The number of hydrogen-bond donors (Lipinski definition) is 1.